The van der Waals surface area contributed by atoms with Crippen LogP contribution in [0.25, 0.3) is 11.1 Å². The fourth-order valence-electron chi connectivity index (χ4n) is 3.37. The van der Waals surface area contributed by atoms with Gasteiger partial charge in [-0.2, -0.15) is 0 Å². The molecule has 2 N–H and O–H groups in total. The van der Waals surface area contributed by atoms with Crippen molar-refractivity contribution in [2.24, 2.45) is 0 Å². The van der Waals surface area contributed by atoms with Gasteiger partial charge >= 0.3 is 6.09 Å². The molecule has 5 heteroatoms. The van der Waals surface area contributed by atoms with E-state index in [0.29, 0.717) is 19.6 Å². The van der Waals surface area contributed by atoms with Crippen molar-refractivity contribution in [3.05, 3.63) is 77.9 Å². The minimum atomic E-state index is -0.395. The molecule has 0 spiro atoms. The minimum Gasteiger partial charge on any atom is -0.449 e. The molecule has 0 aliphatic heterocycles. The fraction of sp³-hybridized carbons (Fsp3) is 0.200. The summed E-state index contributed by atoms with van der Waals surface area (Å²) in [7, 11) is 0. The van der Waals surface area contributed by atoms with E-state index in [9.17, 15) is 4.79 Å². The van der Waals surface area contributed by atoms with Gasteiger partial charge in [-0.1, -0.05) is 48.5 Å². The summed E-state index contributed by atoms with van der Waals surface area (Å²) in [6.45, 7) is 0.824. The minimum absolute atomic E-state index is 0.0863. The number of hydrogen-bond donors (Lipinski definition) is 2. The van der Waals surface area contributed by atoms with Crippen LogP contribution in [0.2, 0.25) is 0 Å². The summed E-state index contributed by atoms with van der Waals surface area (Å²) in [4.78, 5) is 19.1. The molecule has 1 amide bonds. The van der Waals surface area contributed by atoms with E-state index in [-0.39, 0.29) is 5.92 Å². The van der Waals surface area contributed by atoms with E-state index < -0.39 is 6.09 Å². The molecule has 25 heavy (non-hydrogen) atoms. The second-order valence-corrected chi connectivity index (χ2v) is 6.04. The number of ether oxygens (including phenoxy) is 1. The van der Waals surface area contributed by atoms with Gasteiger partial charge in [0, 0.05) is 31.3 Å². The quantitative estimate of drug-likeness (QED) is 0.751. The molecule has 2 aromatic carbocycles. The number of amides is 1. The maximum absolute atomic E-state index is 12.0. The van der Waals surface area contributed by atoms with E-state index in [4.69, 9.17) is 4.74 Å². The predicted octanol–water partition coefficient (Wildman–Crippen LogP) is 3.49. The zero-order valence-corrected chi connectivity index (χ0v) is 13.7. The first-order valence-electron chi connectivity index (χ1n) is 8.40. The molecule has 0 saturated carbocycles. The van der Waals surface area contributed by atoms with Gasteiger partial charge in [-0.05, 0) is 22.3 Å². The average Bonchev–Trinajstić information content (AvgIpc) is 3.26. The highest BCUT2D eigenvalue weighted by atomic mass is 16.5. The second kappa shape index (κ2) is 6.81. The van der Waals surface area contributed by atoms with Crippen molar-refractivity contribution in [3.63, 3.8) is 0 Å². The van der Waals surface area contributed by atoms with Crippen LogP contribution in [-0.4, -0.2) is 29.2 Å². The second-order valence-electron chi connectivity index (χ2n) is 6.04. The summed E-state index contributed by atoms with van der Waals surface area (Å²) in [6, 6.07) is 16.6. The Kier molecular flexibility index (Phi) is 4.21. The van der Waals surface area contributed by atoms with E-state index in [1.54, 1.807) is 12.4 Å². The predicted molar refractivity (Wildman–Crippen MR) is 95.4 cm³/mol. The lowest BCUT2D eigenvalue weighted by Crippen LogP contribution is -2.28. The van der Waals surface area contributed by atoms with Gasteiger partial charge in [0.1, 0.15) is 12.4 Å². The Labute approximate surface area is 146 Å². The topological polar surface area (TPSA) is 67.0 Å². The molecular weight excluding hydrogens is 314 g/mol. The molecule has 1 heterocycles. The molecule has 0 atom stereocenters. The molecule has 0 unspecified atom stereocenters. The van der Waals surface area contributed by atoms with Crippen LogP contribution < -0.4 is 5.32 Å². The molecule has 1 aliphatic rings. The number of hydrogen-bond acceptors (Lipinski definition) is 3. The Morgan fingerprint density at radius 1 is 1.08 bits per heavy atom. The van der Waals surface area contributed by atoms with Crippen LogP contribution in [0.15, 0.2) is 60.9 Å². The maximum atomic E-state index is 12.0. The van der Waals surface area contributed by atoms with E-state index in [1.807, 2.05) is 24.3 Å². The van der Waals surface area contributed by atoms with Crippen molar-refractivity contribution in [2.45, 2.75) is 12.3 Å². The third-order valence-electron chi connectivity index (χ3n) is 4.53. The van der Waals surface area contributed by atoms with Crippen LogP contribution >= 0.6 is 0 Å². The van der Waals surface area contributed by atoms with Gasteiger partial charge in [-0.15, -0.1) is 0 Å². The van der Waals surface area contributed by atoms with Crippen LogP contribution in [0.5, 0.6) is 0 Å². The Hall–Kier alpha value is -3.08. The normalized spacial score (nSPS) is 12.5. The van der Waals surface area contributed by atoms with Crippen LogP contribution in [-0.2, 0) is 11.2 Å². The molecule has 0 bridgehead atoms. The number of aromatic amines is 1. The molecule has 126 valence electrons. The zero-order chi connectivity index (χ0) is 17.1. The van der Waals surface area contributed by atoms with Gasteiger partial charge in [0.15, 0.2) is 0 Å². The number of carbonyl (C=O) groups is 1. The molecular formula is C20H19N3O2. The summed E-state index contributed by atoms with van der Waals surface area (Å²) in [5.41, 5.74) is 4.88. The van der Waals surface area contributed by atoms with E-state index in [0.717, 1.165) is 5.82 Å². The van der Waals surface area contributed by atoms with Gasteiger partial charge in [0.2, 0.25) is 0 Å². The number of fused-ring (bicyclic) bond motifs is 3. The molecule has 1 aromatic heterocycles. The van der Waals surface area contributed by atoms with E-state index in [1.165, 1.54) is 22.3 Å². The molecule has 3 aromatic rings. The number of nitrogens with one attached hydrogen (secondary N) is 2. The van der Waals surface area contributed by atoms with Crippen LogP contribution in [0.4, 0.5) is 4.79 Å². The summed E-state index contributed by atoms with van der Waals surface area (Å²) in [5, 5.41) is 2.77. The van der Waals surface area contributed by atoms with Crippen molar-refractivity contribution < 1.29 is 9.53 Å². The van der Waals surface area contributed by atoms with Crippen molar-refractivity contribution >= 4 is 6.09 Å². The number of H-pyrrole nitrogens is 1. The Balaban J connectivity index is 1.38. The van der Waals surface area contributed by atoms with Gasteiger partial charge in [-0.3, -0.25) is 0 Å². The largest absolute Gasteiger partial charge is 0.449 e. The monoisotopic (exact) mass is 333 g/mol. The Morgan fingerprint density at radius 3 is 2.40 bits per heavy atom. The highest BCUT2D eigenvalue weighted by Crippen LogP contribution is 2.44. The Bertz CT molecular complexity index is 829. The number of aromatic nitrogens is 2. The lowest BCUT2D eigenvalue weighted by molar-refractivity contribution is 0.143. The smallest absolute Gasteiger partial charge is 0.407 e. The first-order valence-corrected chi connectivity index (χ1v) is 8.40. The molecule has 0 fully saturated rings. The van der Waals surface area contributed by atoms with Crippen molar-refractivity contribution in [1.82, 2.24) is 15.3 Å². The van der Waals surface area contributed by atoms with E-state index in [2.05, 4.69) is 39.6 Å². The van der Waals surface area contributed by atoms with Crippen molar-refractivity contribution in [1.29, 1.82) is 0 Å². The molecule has 1 aliphatic carbocycles. The third kappa shape index (κ3) is 3.13. The lowest BCUT2D eigenvalue weighted by Gasteiger charge is -2.14. The standard InChI is InChI=1S/C20H19N3O2/c24-20(23-10-9-19-21-11-12-22-19)25-13-18-16-7-3-1-5-14(16)15-6-2-4-8-17(15)18/h1-8,11-12,18H,9-10,13H2,(H,21,22)(H,23,24). The van der Waals surface area contributed by atoms with Crippen molar-refractivity contribution in [3.8, 4) is 11.1 Å². The SMILES string of the molecule is O=C(NCCc1ncc[nH]1)OCC1c2ccccc2-c2ccccc21. The summed E-state index contributed by atoms with van der Waals surface area (Å²) >= 11 is 0. The fourth-order valence-corrected chi connectivity index (χ4v) is 3.37. The van der Waals surface area contributed by atoms with Crippen LogP contribution in [0.1, 0.15) is 22.9 Å². The molecule has 0 radical (unpaired) electrons. The van der Waals surface area contributed by atoms with Gasteiger partial charge in [0.25, 0.3) is 0 Å². The Morgan fingerprint density at radius 2 is 1.76 bits per heavy atom. The molecule has 4 rings (SSSR count). The third-order valence-corrected chi connectivity index (χ3v) is 4.53. The number of benzene rings is 2. The van der Waals surface area contributed by atoms with Gasteiger partial charge in [-0.25, -0.2) is 9.78 Å². The van der Waals surface area contributed by atoms with Crippen LogP contribution in [0.3, 0.4) is 0 Å². The number of nitrogens with zero attached hydrogens (tertiary/aromatic N) is 1. The number of carbonyl (C=O) groups excluding carboxylic acids is 1. The maximum Gasteiger partial charge on any atom is 0.407 e. The lowest BCUT2D eigenvalue weighted by atomic mass is 9.98. The molecule has 5 nitrogen and oxygen atoms in total. The first kappa shape index (κ1) is 15.4. The molecule has 0 saturated heterocycles. The summed E-state index contributed by atoms with van der Waals surface area (Å²) in [5.74, 6) is 0.933. The summed E-state index contributed by atoms with van der Waals surface area (Å²) in [6.07, 6.45) is 3.72. The van der Waals surface area contributed by atoms with Gasteiger partial charge < -0.3 is 15.0 Å². The summed E-state index contributed by atoms with van der Waals surface area (Å²) < 4.78 is 5.48. The van der Waals surface area contributed by atoms with E-state index >= 15 is 0 Å². The number of imidazole rings is 1. The van der Waals surface area contributed by atoms with Crippen LogP contribution in [0, 0.1) is 0 Å². The van der Waals surface area contributed by atoms with Crippen molar-refractivity contribution in [2.75, 3.05) is 13.2 Å². The average molecular weight is 333 g/mol. The first-order chi connectivity index (χ1) is 12.3. The number of alkyl carbamates (subject to hydrolysis) is 1. The highest BCUT2D eigenvalue weighted by molar-refractivity contribution is 5.79. The van der Waals surface area contributed by atoms with Gasteiger partial charge in [0.05, 0.1) is 0 Å². The zero-order valence-electron chi connectivity index (χ0n) is 13.7. The number of rotatable bonds is 5. The highest BCUT2D eigenvalue weighted by Gasteiger charge is 2.28.